The van der Waals surface area contributed by atoms with E-state index in [1.54, 1.807) is 6.92 Å². The lowest BCUT2D eigenvalue weighted by Gasteiger charge is -2.13. The van der Waals surface area contributed by atoms with Gasteiger partial charge in [0.05, 0.1) is 6.42 Å². The summed E-state index contributed by atoms with van der Waals surface area (Å²) >= 11 is 0. The van der Waals surface area contributed by atoms with Crippen LogP contribution in [0.4, 0.5) is 4.79 Å². The highest BCUT2D eigenvalue weighted by atomic mass is 16.5. The lowest BCUT2D eigenvalue weighted by molar-refractivity contribution is -0.140. The van der Waals surface area contributed by atoms with E-state index in [0.29, 0.717) is 18.1 Å². The smallest absolute Gasteiger partial charge is 0.326 e. The summed E-state index contributed by atoms with van der Waals surface area (Å²) in [7, 11) is 0. The zero-order valence-corrected chi connectivity index (χ0v) is 10.8. The van der Waals surface area contributed by atoms with Crippen molar-refractivity contribution in [1.29, 1.82) is 0 Å². The molecule has 0 aliphatic carbocycles. The number of urea groups is 1. The molecule has 10 heteroatoms. The van der Waals surface area contributed by atoms with E-state index >= 15 is 0 Å². The van der Waals surface area contributed by atoms with Gasteiger partial charge in [-0.1, -0.05) is 5.16 Å². The minimum atomic E-state index is -1.36. The van der Waals surface area contributed by atoms with Crippen LogP contribution in [0.15, 0.2) is 4.52 Å². The van der Waals surface area contributed by atoms with Crippen LogP contribution in [-0.4, -0.2) is 45.7 Å². The van der Waals surface area contributed by atoms with Crippen molar-refractivity contribution in [3.8, 4) is 0 Å². The number of nitrogens with two attached hydrogens (primary N) is 1. The Balaban J connectivity index is 2.34. The molecule has 5 N–H and O–H groups in total. The average Bonchev–Trinajstić information content (AvgIpc) is 2.73. The lowest BCUT2D eigenvalue weighted by atomic mass is 10.2. The second-order valence-corrected chi connectivity index (χ2v) is 3.94. The Hall–Kier alpha value is -2.65. The molecule has 0 unspecified atom stereocenters. The molecule has 110 valence electrons. The third-order valence-electron chi connectivity index (χ3n) is 2.21. The molecule has 0 fully saturated rings. The maximum absolute atomic E-state index is 11.4. The molecular weight excluding hydrogens is 270 g/mol. The van der Waals surface area contributed by atoms with Gasteiger partial charge in [0.1, 0.15) is 6.04 Å². The van der Waals surface area contributed by atoms with E-state index < -0.39 is 30.4 Å². The number of aryl methyl sites for hydroxylation is 1. The number of carboxylic acids is 1. The Bertz CT molecular complexity index is 500. The van der Waals surface area contributed by atoms with E-state index in [4.69, 9.17) is 15.4 Å². The van der Waals surface area contributed by atoms with E-state index in [1.807, 2.05) is 0 Å². The van der Waals surface area contributed by atoms with E-state index in [0.717, 1.165) is 0 Å². The summed E-state index contributed by atoms with van der Waals surface area (Å²) in [6, 6.07) is -2.08. The highest BCUT2D eigenvalue weighted by Crippen LogP contribution is 1.95. The molecule has 0 bridgehead atoms. The average molecular weight is 285 g/mol. The van der Waals surface area contributed by atoms with E-state index in [2.05, 4.69) is 20.8 Å². The Morgan fingerprint density at radius 2 is 2.15 bits per heavy atom. The van der Waals surface area contributed by atoms with E-state index in [9.17, 15) is 14.4 Å². The predicted molar refractivity (Wildman–Crippen MR) is 64.5 cm³/mol. The molecule has 10 nitrogen and oxygen atoms in total. The van der Waals surface area contributed by atoms with Gasteiger partial charge in [0.25, 0.3) is 0 Å². The number of aliphatic carboxylic acids is 1. The van der Waals surface area contributed by atoms with Crippen molar-refractivity contribution >= 4 is 17.9 Å². The fraction of sp³-hybridized carbons (Fsp3) is 0.500. The Morgan fingerprint density at radius 1 is 1.45 bits per heavy atom. The van der Waals surface area contributed by atoms with Gasteiger partial charge in [-0.25, -0.2) is 9.59 Å². The minimum absolute atomic E-state index is 0.188. The third kappa shape index (κ3) is 5.33. The Morgan fingerprint density at radius 3 is 2.65 bits per heavy atom. The molecular formula is C10H15N5O5. The summed E-state index contributed by atoms with van der Waals surface area (Å²) in [6.45, 7) is 1.83. The quantitative estimate of drug-likeness (QED) is 0.476. The number of hydrogen-bond donors (Lipinski definition) is 4. The predicted octanol–water partition coefficient (Wildman–Crippen LogP) is -1.45. The van der Waals surface area contributed by atoms with Gasteiger partial charge in [0.2, 0.25) is 11.8 Å². The summed E-state index contributed by atoms with van der Waals surface area (Å²) in [5.74, 6) is -1.32. The first kappa shape index (κ1) is 15.4. The van der Waals surface area contributed by atoms with Crippen LogP contribution in [0.25, 0.3) is 0 Å². The first-order chi connectivity index (χ1) is 9.38. The molecule has 3 amide bonds. The van der Waals surface area contributed by atoms with Gasteiger partial charge in [-0.05, 0) is 0 Å². The number of nitrogens with zero attached hydrogens (tertiary/aromatic N) is 2. The number of carbonyl (C=O) groups is 3. The summed E-state index contributed by atoms with van der Waals surface area (Å²) in [6.07, 6.45) is -0.148. The van der Waals surface area contributed by atoms with Gasteiger partial charge in [-0.15, -0.1) is 0 Å². The second-order valence-electron chi connectivity index (χ2n) is 3.94. The number of rotatable bonds is 7. The van der Waals surface area contributed by atoms with Gasteiger partial charge < -0.3 is 26.0 Å². The van der Waals surface area contributed by atoms with Crippen LogP contribution in [0.2, 0.25) is 0 Å². The number of primary amides is 1. The molecule has 1 aromatic rings. The van der Waals surface area contributed by atoms with Crippen LogP contribution >= 0.6 is 0 Å². The van der Waals surface area contributed by atoms with Crippen LogP contribution in [0.5, 0.6) is 0 Å². The standard InChI is InChI=1S/C10H15N5O5/c1-5-13-8(15-20-5)2-3-12-10(19)14-6(9(17)18)4-7(11)16/h6H,2-4H2,1H3,(H2,11,16)(H,17,18)(H2,12,14,19)/t6-/m0/s1. The topological polar surface area (TPSA) is 160 Å². The first-order valence-corrected chi connectivity index (χ1v) is 5.73. The second kappa shape index (κ2) is 7.07. The first-order valence-electron chi connectivity index (χ1n) is 5.73. The summed E-state index contributed by atoms with van der Waals surface area (Å²) < 4.78 is 4.74. The summed E-state index contributed by atoms with van der Waals surface area (Å²) in [4.78, 5) is 36.8. The molecule has 0 spiro atoms. The number of nitrogens with one attached hydrogen (secondary N) is 2. The van der Waals surface area contributed by atoms with Crippen LogP contribution in [0, 0.1) is 6.92 Å². The largest absolute Gasteiger partial charge is 0.480 e. The molecule has 1 heterocycles. The normalized spacial score (nSPS) is 11.7. The number of carbonyl (C=O) groups excluding carboxylic acids is 2. The molecule has 0 saturated heterocycles. The van der Waals surface area contributed by atoms with Crippen LogP contribution in [0.1, 0.15) is 18.1 Å². The molecule has 1 atom stereocenters. The van der Waals surface area contributed by atoms with Crippen molar-refractivity contribution in [2.24, 2.45) is 5.73 Å². The number of carboxylic acid groups (broad SMARTS) is 1. The van der Waals surface area contributed by atoms with Crippen LogP contribution < -0.4 is 16.4 Å². The highest BCUT2D eigenvalue weighted by molar-refractivity contribution is 5.87. The number of amides is 3. The Labute approximate surface area is 113 Å². The number of aromatic nitrogens is 2. The van der Waals surface area contributed by atoms with Crippen molar-refractivity contribution in [3.05, 3.63) is 11.7 Å². The molecule has 0 aliphatic heterocycles. The van der Waals surface area contributed by atoms with Crippen molar-refractivity contribution in [2.45, 2.75) is 25.8 Å². The molecule has 0 aliphatic rings. The van der Waals surface area contributed by atoms with Crippen molar-refractivity contribution in [2.75, 3.05) is 6.54 Å². The molecule has 1 aromatic heterocycles. The summed E-state index contributed by atoms with van der Waals surface area (Å²) in [5.41, 5.74) is 4.88. The Kier molecular flexibility index (Phi) is 5.44. The maximum Gasteiger partial charge on any atom is 0.326 e. The molecule has 0 saturated carbocycles. The molecule has 0 aromatic carbocycles. The zero-order valence-electron chi connectivity index (χ0n) is 10.8. The summed E-state index contributed by atoms with van der Waals surface area (Å²) in [5, 5.41) is 17.0. The minimum Gasteiger partial charge on any atom is -0.480 e. The monoisotopic (exact) mass is 285 g/mol. The molecule has 20 heavy (non-hydrogen) atoms. The highest BCUT2D eigenvalue weighted by Gasteiger charge is 2.21. The fourth-order valence-electron chi connectivity index (χ4n) is 1.34. The van der Waals surface area contributed by atoms with Gasteiger partial charge in [-0.3, -0.25) is 4.79 Å². The van der Waals surface area contributed by atoms with Crippen LogP contribution in [-0.2, 0) is 16.0 Å². The maximum atomic E-state index is 11.4. The van der Waals surface area contributed by atoms with Gasteiger partial charge in [0.15, 0.2) is 5.82 Å². The molecule has 1 rings (SSSR count). The molecule has 0 radical (unpaired) electrons. The van der Waals surface area contributed by atoms with Crippen molar-refractivity contribution in [1.82, 2.24) is 20.8 Å². The van der Waals surface area contributed by atoms with Gasteiger partial charge in [0, 0.05) is 19.9 Å². The number of hydrogen-bond acceptors (Lipinski definition) is 6. The van der Waals surface area contributed by atoms with Gasteiger partial charge >= 0.3 is 12.0 Å². The van der Waals surface area contributed by atoms with Crippen molar-refractivity contribution in [3.63, 3.8) is 0 Å². The fourth-order valence-corrected chi connectivity index (χ4v) is 1.34. The third-order valence-corrected chi connectivity index (χ3v) is 2.21. The SMILES string of the molecule is Cc1nc(CCNC(=O)N[C@@H](CC(N)=O)C(=O)O)no1. The van der Waals surface area contributed by atoms with Gasteiger partial charge in [-0.2, -0.15) is 4.98 Å². The van der Waals surface area contributed by atoms with Crippen LogP contribution in [0.3, 0.4) is 0 Å². The van der Waals surface area contributed by atoms with Crippen molar-refractivity contribution < 1.29 is 24.0 Å². The van der Waals surface area contributed by atoms with E-state index in [-0.39, 0.29) is 6.54 Å². The lowest BCUT2D eigenvalue weighted by Crippen LogP contribution is -2.48. The zero-order chi connectivity index (χ0) is 15.1. The van der Waals surface area contributed by atoms with E-state index in [1.165, 1.54) is 0 Å².